The van der Waals surface area contributed by atoms with E-state index in [-0.39, 0.29) is 62.3 Å². The summed E-state index contributed by atoms with van der Waals surface area (Å²) in [6, 6.07) is 31.1. The molecule has 6 rings (SSSR count). The summed E-state index contributed by atoms with van der Waals surface area (Å²) in [5.74, 6) is -1.57. The van der Waals surface area contributed by atoms with E-state index in [9.17, 15) is 40.2 Å². The lowest BCUT2D eigenvalue weighted by Gasteiger charge is -2.20. The molecule has 6 aromatic carbocycles. The summed E-state index contributed by atoms with van der Waals surface area (Å²) in [6.07, 6.45) is -2.31. The highest BCUT2D eigenvalue weighted by molar-refractivity contribution is 5.91. The van der Waals surface area contributed by atoms with Gasteiger partial charge < -0.3 is 49.6 Å². The van der Waals surface area contributed by atoms with Gasteiger partial charge in [0.1, 0.15) is 50.1 Å². The van der Waals surface area contributed by atoms with Crippen molar-refractivity contribution in [3.63, 3.8) is 0 Å². The number of aromatic hydroxyl groups is 4. The molecule has 0 bridgehead atoms. The predicted octanol–water partition coefficient (Wildman–Crippen LogP) is 5.46. The summed E-state index contributed by atoms with van der Waals surface area (Å²) in [4.78, 5) is 24.8. The maximum absolute atomic E-state index is 12.4. The molecule has 6 N–H and O–H groups in total. The molecule has 2 atom stereocenters. The quantitative estimate of drug-likeness (QED) is 0.0542. The van der Waals surface area contributed by atoms with Gasteiger partial charge in [-0.15, -0.1) is 0 Å². The average Bonchev–Trinajstić information content (AvgIpc) is 3.18. The SMILES string of the molecule is O=C(Cc1ccc(O)c(O)c1)OCC(O)COc1ccc2ccccc2c1Cc1c(OCC(O)COC(=O)Cc2ccc(O)c(O)c2)ccc2ccccc12. The lowest BCUT2D eigenvalue weighted by atomic mass is 9.93. The fourth-order valence-electron chi connectivity index (χ4n) is 6.08. The van der Waals surface area contributed by atoms with Gasteiger partial charge in [0, 0.05) is 17.5 Å². The number of carbonyl (C=O) groups excluding carboxylic acids is 2. The third kappa shape index (κ3) is 9.93. The van der Waals surface area contributed by atoms with E-state index in [4.69, 9.17) is 18.9 Å². The van der Waals surface area contributed by atoms with Crippen LogP contribution in [0, 0.1) is 0 Å². The number of carbonyl (C=O) groups is 2. The molecule has 0 spiro atoms. The second kappa shape index (κ2) is 17.5. The van der Waals surface area contributed by atoms with Crippen LogP contribution in [-0.4, -0.2) is 81.2 Å². The highest BCUT2D eigenvalue weighted by Crippen LogP contribution is 2.36. The number of fused-ring (bicyclic) bond motifs is 2. The first-order valence-electron chi connectivity index (χ1n) is 17.5. The molecular weight excluding hydrogens is 708 g/mol. The minimum absolute atomic E-state index is 0.166. The van der Waals surface area contributed by atoms with Gasteiger partial charge in [0.15, 0.2) is 23.0 Å². The Kier molecular flexibility index (Phi) is 12.2. The van der Waals surface area contributed by atoms with Gasteiger partial charge in [-0.05, 0) is 69.1 Å². The van der Waals surface area contributed by atoms with E-state index in [0.717, 1.165) is 32.7 Å². The lowest BCUT2D eigenvalue weighted by Crippen LogP contribution is -2.26. The van der Waals surface area contributed by atoms with Crippen molar-refractivity contribution in [2.45, 2.75) is 31.5 Å². The average molecular weight is 749 g/mol. The van der Waals surface area contributed by atoms with Crippen LogP contribution >= 0.6 is 0 Å². The molecule has 2 unspecified atom stereocenters. The smallest absolute Gasteiger partial charge is 0.310 e. The first-order chi connectivity index (χ1) is 26.5. The monoisotopic (exact) mass is 748 g/mol. The molecule has 0 amide bonds. The largest absolute Gasteiger partial charge is 0.504 e. The number of phenolic OH excluding ortho intramolecular Hbond substituents is 4. The standard InChI is InChI=1S/C43H40O12/c44-30(24-54-42(50)19-26-9-13-36(46)38(48)17-26)22-52-40-15-11-28-5-1-3-7-32(28)34(40)21-35-33-8-4-2-6-29(33)12-16-41(35)53-23-31(45)25-55-43(51)20-27-10-14-37(47)39(49)18-27/h1-18,30-31,44-49H,19-25H2. The van der Waals surface area contributed by atoms with Crippen LogP contribution in [0.4, 0.5) is 0 Å². The Morgan fingerprint density at radius 1 is 0.491 bits per heavy atom. The Bertz CT molecular complexity index is 2140. The Labute approximate surface area is 316 Å². The molecule has 0 aliphatic carbocycles. The Balaban J connectivity index is 1.14. The van der Waals surface area contributed by atoms with Crippen molar-refractivity contribution in [3.8, 4) is 34.5 Å². The maximum Gasteiger partial charge on any atom is 0.310 e. The number of ether oxygens (including phenoxy) is 4. The zero-order valence-corrected chi connectivity index (χ0v) is 29.6. The van der Waals surface area contributed by atoms with Crippen molar-refractivity contribution in [1.82, 2.24) is 0 Å². The third-order valence-electron chi connectivity index (χ3n) is 8.86. The number of rotatable bonds is 16. The molecule has 284 valence electrons. The van der Waals surface area contributed by atoms with Gasteiger partial charge in [-0.25, -0.2) is 0 Å². The van der Waals surface area contributed by atoms with Crippen LogP contribution in [0.25, 0.3) is 21.5 Å². The van der Waals surface area contributed by atoms with Crippen molar-refractivity contribution >= 4 is 33.5 Å². The van der Waals surface area contributed by atoms with Gasteiger partial charge in [0.2, 0.25) is 0 Å². The number of esters is 2. The van der Waals surface area contributed by atoms with Crippen LogP contribution in [0.2, 0.25) is 0 Å². The van der Waals surface area contributed by atoms with E-state index in [1.165, 1.54) is 36.4 Å². The van der Waals surface area contributed by atoms with Crippen molar-refractivity contribution in [3.05, 3.63) is 131 Å². The summed E-state index contributed by atoms with van der Waals surface area (Å²) in [7, 11) is 0. The van der Waals surface area contributed by atoms with Gasteiger partial charge in [-0.1, -0.05) is 72.8 Å². The van der Waals surface area contributed by atoms with E-state index >= 15 is 0 Å². The van der Waals surface area contributed by atoms with Gasteiger partial charge >= 0.3 is 11.9 Å². The molecule has 0 heterocycles. The molecule has 0 aliphatic rings. The molecule has 12 nitrogen and oxygen atoms in total. The lowest BCUT2D eigenvalue weighted by molar-refractivity contribution is -0.147. The summed E-state index contributed by atoms with van der Waals surface area (Å²) in [5, 5.41) is 63.5. The van der Waals surface area contributed by atoms with Crippen LogP contribution in [-0.2, 0) is 38.3 Å². The Morgan fingerprint density at radius 2 is 0.909 bits per heavy atom. The highest BCUT2D eigenvalue weighted by Gasteiger charge is 2.19. The second-order valence-electron chi connectivity index (χ2n) is 13.0. The van der Waals surface area contributed by atoms with E-state index in [0.29, 0.717) is 29.0 Å². The first-order valence-corrected chi connectivity index (χ1v) is 17.5. The summed E-state index contributed by atoms with van der Waals surface area (Å²) in [5.41, 5.74) is 2.49. The van der Waals surface area contributed by atoms with Crippen molar-refractivity contribution < 1.29 is 59.2 Å². The fraction of sp³-hybridized carbons (Fsp3) is 0.209. The molecule has 6 aromatic rings. The topological polar surface area (TPSA) is 192 Å². The van der Waals surface area contributed by atoms with Crippen molar-refractivity contribution in [2.75, 3.05) is 26.4 Å². The van der Waals surface area contributed by atoms with Crippen LogP contribution in [0.1, 0.15) is 22.3 Å². The number of aliphatic hydroxyl groups is 2. The van der Waals surface area contributed by atoms with Crippen LogP contribution in [0.15, 0.2) is 109 Å². The van der Waals surface area contributed by atoms with Crippen molar-refractivity contribution in [2.24, 2.45) is 0 Å². The van der Waals surface area contributed by atoms with Gasteiger partial charge in [-0.3, -0.25) is 9.59 Å². The Hall–Kier alpha value is -6.50. The van der Waals surface area contributed by atoms with Gasteiger partial charge in [-0.2, -0.15) is 0 Å². The number of benzene rings is 6. The minimum atomic E-state index is -1.16. The zero-order valence-electron chi connectivity index (χ0n) is 29.6. The van der Waals surface area contributed by atoms with Crippen LogP contribution in [0.5, 0.6) is 34.5 Å². The molecule has 0 aliphatic heterocycles. The maximum atomic E-state index is 12.4. The molecule has 0 saturated carbocycles. The van der Waals surface area contributed by atoms with Gasteiger partial charge in [0.05, 0.1) is 12.8 Å². The number of phenols is 4. The van der Waals surface area contributed by atoms with Crippen molar-refractivity contribution in [1.29, 1.82) is 0 Å². The van der Waals surface area contributed by atoms with E-state index in [1.807, 2.05) is 72.8 Å². The second-order valence-corrected chi connectivity index (χ2v) is 13.0. The molecule has 12 heteroatoms. The fourth-order valence-corrected chi connectivity index (χ4v) is 6.08. The zero-order chi connectivity index (χ0) is 38.9. The molecule has 55 heavy (non-hydrogen) atoms. The minimum Gasteiger partial charge on any atom is -0.504 e. The highest BCUT2D eigenvalue weighted by atomic mass is 16.6. The van der Waals surface area contributed by atoms with Crippen LogP contribution in [0.3, 0.4) is 0 Å². The van der Waals surface area contributed by atoms with E-state index in [1.54, 1.807) is 0 Å². The predicted molar refractivity (Wildman–Crippen MR) is 203 cm³/mol. The summed E-state index contributed by atoms with van der Waals surface area (Å²) in [6.45, 7) is -1.02. The molecule has 0 aromatic heterocycles. The molecule has 0 fully saturated rings. The number of hydrogen-bond acceptors (Lipinski definition) is 12. The van der Waals surface area contributed by atoms with E-state index < -0.39 is 24.1 Å². The molecule has 0 radical (unpaired) electrons. The number of aliphatic hydroxyl groups excluding tert-OH is 2. The third-order valence-corrected chi connectivity index (χ3v) is 8.86. The van der Waals surface area contributed by atoms with Crippen LogP contribution < -0.4 is 9.47 Å². The Morgan fingerprint density at radius 3 is 1.33 bits per heavy atom. The summed E-state index contributed by atoms with van der Waals surface area (Å²) >= 11 is 0. The molecular formula is C43H40O12. The normalized spacial score (nSPS) is 12.3. The first kappa shape index (κ1) is 38.2. The summed E-state index contributed by atoms with van der Waals surface area (Å²) < 4.78 is 22.8. The van der Waals surface area contributed by atoms with Gasteiger partial charge in [0.25, 0.3) is 0 Å². The van der Waals surface area contributed by atoms with E-state index in [2.05, 4.69) is 0 Å². The number of hydrogen-bond donors (Lipinski definition) is 6. The molecule has 0 saturated heterocycles.